The van der Waals surface area contributed by atoms with Crippen LogP contribution in [0.25, 0.3) is 0 Å². The molecule has 1 aromatic rings. The summed E-state index contributed by atoms with van der Waals surface area (Å²) in [5.74, 6) is 0.679. The van der Waals surface area contributed by atoms with Crippen molar-refractivity contribution >= 4 is 17.4 Å². The third kappa shape index (κ3) is 1.86. The minimum atomic E-state index is 0.259. The van der Waals surface area contributed by atoms with Gasteiger partial charge in [0.15, 0.2) is 5.69 Å². The number of halogens is 1. The molecule has 0 aromatic carbocycles. The van der Waals surface area contributed by atoms with Crippen molar-refractivity contribution in [1.29, 1.82) is 5.26 Å². The maximum atomic E-state index is 8.59. The van der Waals surface area contributed by atoms with E-state index in [4.69, 9.17) is 16.9 Å². The van der Waals surface area contributed by atoms with Crippen molar-refractivity contribution < 1.29 is 0 Å². The number of hydrogen-bond acceptors (Lipinski definition) is 3. The molecule has 1 aromatic heterocycles. The van der Waals surface area contributed by atoms with Crippen LogP contribution >= 0.6 is 11.6 Å². The topological polar surface area (TPSA) is 48.7 Å². The van der Waals surface area contributed by atoms with Gasteiger partial charge in [0.25, 0.3) is 0 Å². The summed E-state index contributed by atoms with van der Waals surface area (Å²) in [5.41, 5.74) is 0.259. The molecule has 0 atom stereocenters. The maximum absolute atomic E-state index is 8.59. The van der Waals surface area contributed by atoms with Crippen LogP contribution in [0, 0.1) is 11.3 Å². The lowest BCUT2D eigenvalue weighted by Crippen LogP contribution is -1.99. The number of rotatable bonds is 2. The van der Waals surface area contributed by atoms with E-state index in [0.717, 1.165) is 6.54 Å². The Morgan fingerprint density at radius 2 is 2.42 bits per heavy atom. The average Bonchev–Trinajstić information content (AvgIpc) is 2.09. The standard InChI is InChI=1S/C8H8ClN3/c1-2-11-8-4-3-6(9)7(5-10)12-8/h3-4H,2H2,1H3,(H,11,12). The van der Waals surface area contributed by atoms with Crippen LogP contribution in [0.15, 0.2) is 12.1 Å². The van der Waals surface area contributed by atoms with Crippen LogP contribution in [0.3, 0.4) is 0 Å². The van der Waals surface area contributed by atoms with Gasteiger partial charge in [0.2, 0.25) is 0 Å². The second-order valence-corrected chi connectivity index (χ2v) is 2.58. The second kappa shape index (κ2) is 3.93. The van der Waals surface area contributed by atoms with E-state index < -0.39 is 0 Å². The zero-order chi connectivity index (χ0) is 8.97. The van der Waals surface area contributed by atoms with Crippen LogP contribution in [0.4, 0.5) is 5.82 Å². The number of hydrogen-bond donors (Lipinski definition) is 1. The molecule has 1 heterocycles. The molecule has 0 aliphatic rings. The lowest BCUT2D eigenvalue weighted by Gasteiger charge is -2.01. The fourth-order valence-corrected chi connectivity index (χ4v) is 0.948. The minimum absolute atomic E-state index is 0.259. The Hall–Kier alpha value is -1.27. The first kappa shape index (κ1) is 8.82. The third-order valence-corrected chi connectivity index (χ3v) is 1.61. The highest BCUT2D eigenvalue weighted by atomic mass is 35.5. The summed E-state index contributed by atoms with van der Waals surface area (Å²) in [6.07, 6.45) is 0. The summed E-state index contributed by atoms with van der Waals surface area (Å²) in [7, 11) is 0. The summed E-state index contributed by atoms with van der Waals surface area (Å²) in [6, 6.07) is 5.31. The molecule has 4 heteroatoms. The van der Waals surface area contributed by atoms with Crippen molar-refractivity contribution in [2.24, 2.45) is 0 Å². The molecule has 0 saturated carbocycles. The van der Waals surface area contributed by atoms with Gasteiger partial charge in [-0.2, -0.15) is 5.26 Å². The van der Waals surface area contributed by atoms with E-state index in [2.05, 4.69) is 10.3 Å². The highest BCUT2D eigenvalue weighted by molar-refractivity contribution is 6.31. The van der Waals surface area contributed by atoms with Gasteiger partial charge in [0.05, 0.1) is 5.02 Å². The number of nitrogens with one attached hydrogen (secondary N) is 1. The molecule has 12 heavy (non-hydrogen) atoms. The Morgan fingerprint density at radius 1 is 1.67 bits per heavy atom. The summed E-state index contributed by atoms with van der Waals surface area (Å²) < 4.78 is 0. The molecule has 0 fully saturated rings. The SMILES string of the molecule is CCNc1ccc(Cl)c(C#N)n1. The van der Waals surface area contributed by atoms with Gasteiger partial charge in [-0.25, -0.2) is 4.98 Å². The van der Waals surface area contributed by atoms with Crippen molar-refractivity contribution in [3.8, 4) is 6.07 Å². The first-order valence-electron chi connectivity index (χ1n) is 3.58. The van der Waals surface area contributed by atoms with Crippen LogP contribution < -0.4 is 5.32 Å². The summed E-state index contributed by atoms with van der Waals surface area (Å²) in [4.78, 5) is 3.98. The molecular formula is C8H8ClN3. The van der Waals surface area contributed by atoms with E-state index in [1.54, 1.807) is 12.1 Å². The van der Waals surface area contributed by atoms with Gasteiger partial charge in [-0.15, -0.1) is 0 Å². The predicted molar refractivity (Wildman–Crippen MR) is 48.1 cm³/mol. The Labute approximate surface area is 76.0 Å². The lowest BCUT2D eigenvalue weighted by molar-refractivity contribution is 1.15. The van der Waals surface area contributed by atoms with E-state index in [-0.39, 0.29) is 5.69 Å². The summed E-state index contributed by atoms with van der Waals surface area (Å²) in [5, 5.41) is 12.0. The molecule has 0 spiro atoms. The highest BCUT2D eigenvalue weighted by Crippen LogP contribution is 2.15. The van der Waals surface area contributed by atoms with Crippen molar-refractivity contribution in [2.75, 3.05) is 11.9 Å². The maximum Gasteiger partial charge on any atom is 0.161 e. The molecule has 3 nitrogen and oxygen atoms in total. The van der Waals surface area contributed by atoms with Crippen molar-refractivity contribution in [3.63, 3.8) is 0 Å². The monoisotopic (exact) mass is 181 g/mol. The van der Waals surface area contributed by atoms with Gasteiger partial charge in [0, 0.05) is 6.54 Å². The van der Waals surface area contributed by atoms with Crippen LogP contribution in [0.2, 0.25) is 5.02 Å². The predicted octanol–water partition coefficient (Wildman–Crippen LogP) is 2.04. The molecule has 1 rings (SSSR count). The molecule has 0 bridgehead atoms. The Kier molecular flexibility index (Phi) is 2.89. The highest BCUT2D eigenvalue weighted by Gasteiger charge is 2.00. The van der Waals surface area contributed by atoms with Crippen LogP contribution in [0.5, 0.6) is 0 Å². The fraction of sp³-hybridized carbons (Fsp3) is 0.250. The molecule has 0 aliphatic carbocycles. The van der Waals surface area contributed by atoms with Gasteiger partial charge >= 0.3 is 0 Å². The van der Waals surface area contributed by atoms with Crippen molar-refractivity contribution in [1.82, 2.24) is 4.98 Å². The largest absolute Gasteiger partial charge is 0.370 e. The van der Waals surface area contributed by atoms with E-state index in [1.807, 2.05) is 13.0 Å². The van der Waals surface area contributed by atoms with E-state index in [9.17, 15) is 0 Å². The Morgan fingerprint density at radius 3 is 3.00 bits per heavy atom. The van der Waals surface area contributed by atoms with Crippen molar-refractivity contribution in [2.45, 2.75) is 6.92 Å². The quantitative estimate of drug-likeness (QED) is 0.760. The lowest BCUT2D eigenvalue weighted by atomic mass is 10.3. The van der Waals surface area contributed by atoms with Crippen LogP contribution in [-0.2, 0) is 0 Å². The number of nitrogens with zero attached hydrogens (tertiary/aromatic N) is 2. The minimum Gasteiger partial charge on any atom is -0.370 e. The molecule has 0 radical (unpaired) electrons. The van der Waals surface area contributed by atoms with Crippen molar-refractivity contribution in [3.05, 3.63) is 22.8 Å². The first-order chi connectivity index (χ1) is 5.77. The molecule has 0 saturated heterocycles. The van der Waals surface area contributed by atoms with Gasteiger partial charge in [-0.3, -0.25) is 0 Å². The van der Waals surface area contributed by atoms with Gasteiger partial charge < -0.3 is 5.32 Å². The van der Waals surface area contributed by atoms with E-state index in [1.165, 1.54) is 0 Å². The molecule has 62 valence electrons. The molecular weight excluding hydrogens is 174 g/mol. The normalized spacial score (nSPS) is 9.08. The second-order valence-electron chi connectivity index (χ2n) is 2.17. The Balaban J connectivity index is 2.99. The van der Waals surface area contributed by atoms with E-state index in [0.29, 0.717) is 10.8 Å². The smallest absolute Gasteiger partial charge is 0.161 e. The average molecular weight is 182 g/mol. The zero-order valence-electron chi connectivity index (χ0n) is 6.63. The van der Waals surface area contributed by atoms with E-state index >= 15 is 0 Å². The van der Waals surface area contributed by atoms with Gasteiger partial charge in [0.1, 0.15) is 11.9 Å². The molecule has 0 unspecified atom stereocenters. The molecule has 1 N–H and O–H groups in total. The number of pyridine rings is 1. The fourth-order valence-electron chi connectivity index (χ4n) is 0.800. The number of aromatic nitrogens is 1. The zero-order valence-corrected chi connectivity index (χ0v) is 7.39. The summed E-state index contributed by atoms with van der Waals surface area (Å²) in [6.45, 7) is 2.74. The Bertz CT molecular complexity index is 317. The summed E-state index contributed by atoms with van der Waals surface area (Å²) >= 11 is 5.68. The van der Waals surface area contributed by atoms with Crippen LogP contribution in [-0.4, -0.2) is 11.5 Å². The third-order valence-electron chi connectivity index (χ3n) is 1.31. The first-order valence-corrected chi connectivity index (χ1v) is 3.96. The number of anilines is 1. The van der Waals surface area contributed by atoms with Gasteiger partial charge in [-0.1, -0.05) is 11.6 Å². The van der Waals surface area contributed by atoms with Gasteiger partial charge in [-0.05, 0) is 19.1 Å². The number of nitriles is 1. The van der Waals surface area contributed by atoms with Crippen LogP contribution in [0.1, 0.15) is 12.6 Å². The molecule has 0 amide bonds. The molecule has 0 aliphatic heterocycles.